The lowest BCUT2D eigenvalue weighted by Crippen LogP contribution is -2.40. The van der Waals surface area contributed by atoms with Crippen LogP contribution in [0.4, 0.5) is 8.78 Å². The molecule has 1 aliphatic rings. The molecule has 0 amide bonds. The molecule has 0 N–H and O–H groups in total. The first kappa shape index (κ1) is 13.8. The molecule has 1 fully saturated rings. The molecule has 2 unspecified atom stereocenters. The number of hydrogen-bond acceptors (Lipinski definition) is 1. The van der Waals surface area contributed by atoms with Crippen molar-refractivity contribution < 1.29 is 8.78 Å². The highest BCUT2D eigenvalue weighted by Crippen LogP contribution is 2.27. The number of nitrogens with zero attached hydrogens (tertiary/aromatic N) is 1. The Morgan fingerprint density at radius 3 is 2.72 bits per heavy atom. The number of halogens is 3. The molecule has 0 heterocycles. The minimum absolute atomic E-state index is 0.111. The van der Waals surface area contributed by atoms with Gasteiger partial charge in [0.2, 0.25) is 0 Å². The standard InChI is InChI=1S/C14H18ClF2N/c1-18(13-8-3-2-6-11(13)15)9-10-5-4-7-12(16)14(10)17/h4-5,7,11,13H,2-3,6,8-9H2,1H3. The van der Waals surface area contributed by atoms with Crippen molar-refractivity contribution in [2.24, 2.45) is 0 Å². The number of benzene rings is 1. The van der Waals surface area contributed by atoms with E-state index in [9.17, 15) is 8.78 Å². The molecule has 1 aliphatic carbocycles. The van der Waals surface area contributed by atoms with E-state index >= 15 is 0 Å². The van der Waals surface area contributed by atoms with Gasteiger partial charge in [-0.05, 0) is 26.0 Å². The third-order valence-corrected chi connectivity index (χ3v) is 4.17. The van der Waals surface area contributed by atoms with Gasteiger partial charge in [-0.1, -0.05) is 25.0 Å². The van der Waals surface area contributed by atoms with Gasteiger partial charge in [-0.3, -0.25) is 4.90 Å². The molecule has 0 spiro atoms. The van der Waals surface area contributed by atoms with Gasteiger partial charge < -0.3 is 0 Å². The SMILES string of the molecule is CN(Cc1cccc(F)c1F)C1CCCCC1Cl. The van der Waals surface area contributed by atoms with Crippen LogP contribution in [0.2, 0.25) is 0 Å². The molecule has 0 aliphatic heterocycles. The molecule has 0 radical (unpaired) electrons. The summed E-state index contributed by atoms with van der Waals surface area (Å²) in [6.45, 7) is 0.400. The molecule has 0 saturated heterocycles. The van der Waals surface area contributed by atoms with Crippen molar-refractivity contribution >= 4 is 11.6 Å². The van der Waals surface area contributed by atoms with Crippen molar-refractivity contribution in [3.8, 4) is 0 Å². The van der Waals surface area contributed by atoms with Gasteiger partial charge in [0.15, 0.2) is 11.6 Å². The first-order chi connectivity index (χ1) is 8.59. The molecular weight excluding hydrogens is 256 g/mol. The van der Waals surface area contributed by atoms with Gasteiger partial charge in [0, 0.05) is 23.5 Å². The van der Waals surface area contributed by atoms with E-state index in [4.69, 9.17) is 11.6 Å². The largest absolute Gasteiger partial charge is 0.298 e. The normalized spacial score (nSPS) is 24.5. The predicted octanol–water partition coefficient (Wildman–Crippen LogP) is 3.95. The average Bonchev–Trinajstić information content (AvgIpc) is 2.35. The second kappa shape index (κ2) is 5.98. The van der Waals surface area contributed by atoms with Gasteiger partial charge in [0.25, 0.3) is 0 Å². The van der Waals surface area contributed by atoms with Gasteiger partial charge in [0.05, 0.1) is 0 Å². The number of alkyl halides is 1. The van der Waals surface area contributed by atoms with Crippen molar-refractivity contribution in [3.05, 3.63) is 35.4 Å². The number of rotatable bonds is 3. The van der Waals surface area contributed by atoms with E-state index in [1.165, 1.54) is 0 Å². The van der Waals surface area contributed by atoms with Gasteiger partial charge in [-0.25, -0.2) is 8.78 Å². The summed E-state index contributed by atoms with van der Waals surface area (Å²) in [5.41, 5.74) is 0.395. The fourth-order valence-electron chi connectivity index (χ4n) is 2.62. The van der Waals surface area contributed by atoms with Crippen LogP contribution < -0.4 is 0 Å². The quantitative estimate of drug-likeness (QED) is 0.754. The zero-order chi connectivity index (χ0) is 13.1. The topological polar surface area (TPSA) is 3.24 Å². The van der Waals surface area contributed by atoms with E-state index in [0.29, 0.717) is 12.1 Å². The Morgan fingerprint density at radius 1 is 1.28 bits per heavy atom. The van der Waals surface area contributed by atoms with E-state index in [1.807, 2.05) is 11.9 Å². The summed E-state index contributed by atoms with van der Waals surface area (Å²) >= 11 is 6.31. The Balaban J connectivity index is 2.06. The Bertz CT molecular complexity index is 411. The Kier molecular flexibility index (Phi) is 4.57. The van der Waals surface area contributed by atoms with Crippen LogP contribution >= 0.6 is 11.6 Å². The van der Waals surface area contributed by atoms with Crippen LogP contribution in [0.25, 0.3) is 0 Å². The van der Waals surface area contributed by atoms with Gasteiger partial charge in [-0.2, -0.15) is 0 Å². The number of hydrogen-bond donors (Lipinski definition) is 0. The van der Waals surface area contributed by atoms with Crippen LogP contribution in [0, 0.1) is 11.6 Å². The summed E-state index contributed by atoms with van der Waals surface area (Å²) in [5.74, 6) is -1.53. The lowest BCUT2D eigenvalue weighted by molar-refractivity contribution is 0.186. The first-order valence-corrected chi connectivity index (χ1v) is 6.80. The highest BCUT2D eigenvalue weighted by Gasteiger charge is 2.27. The van der Waals surface area contributed by atoms with Crippen molar-refractivity contribution in [1.29, 1.82) is 0 Å². The second-order valence-electron chi connectivity index (χ2n) is 5.00. The zero-order valence-electron chi connectivity index (χ0n) is 10.5. The van der Waals surface area contributed by atoms with Crippen LogP contribution in [0.1, 0.15) is 31.2 Å². The van der Waals surface area contributed by atoms with E-state index in [0.717, 1.165) is 31.7 Å². The third kappa shape index (κ3) is 3.01. The van der Waals surface area contributed by atoms with Crippen LogP contribution in [0.3, 0.4) is 0 Å². The maximum atomic E-state index is 13.6. The molecule has 2 rings (SSSR count). The summed E-state index contributed by atoms with van der Waals surface area (Å²) < 4.78 is 26.7. The monoisotopic (exact) mass is 273 g/mol. The van der Waals surface area contributed by atoms with Gasteiger partial charge in [0.1, 0.15) is 0 Å². The molecule has 1 aromatic rings. The van der Waals surface area contributed by atoms with E-state index in [-0.39, 0.29) is 11.4 Å². The predicted molar refractivity (Wildman–Crippen MR) is 69.7 cm³/mol. The minimum atomic E-state index is -0.785. The van der Waals surface area contributed by atoms with E-state index in [2.05, 4.69) is 0 Å². The Labute approximate surface area is 112 Å². The Hall–Kier alpha value is -0.670. The molecule has 100 valence electrons. The summed E-state index contributed by atoms with van der Waals surface area (Å²) in [5, 5.41) is 0.111. The molecule has 18 heavy (non-hydrogen) atoms. The summed E-state index contributed by atoms with van der Waals surface area (Å²) in [4.78, 5) is 2.04. The third-order valence-electron chi connectivity index (χ3n) is 3.66. The fraction of sp³-hybridized carbons (Fsp3) is 0.571. The molecule has 1 saturated carbocycles. The molecular formula is C14H18ClF2N. The average molecular weight is 274 g/mol. The Morgan fingerprint density at radius 2 is 2.00 bits per heavy atom. The molecule has 2 atom stereocenters. The second-order valence-corrected chi connectivity index (χ2v) is 5.56. The van der Waals surface area contributed by atoms with E-state index in [1.54, 1.807) is 12.1 Å². The van der Waals surface area contributed by atoms with Crippen LogP contribution in [0.5, 0.6) is 0 Å². The lowest BCUT2D eigenvalue weighted by Gasteiger charge is -2.35. The summed E-state index contributed by atoms with van der Waals surface area (Å²) in [7, 11) is 1.93. The van der Waals surface area contributed by atoms with Crippen LogP contribution in [-0.2, 0) is 6.54 Å². The minimum Gasteiger partial charge on any atom is -0.298 e. The van der Waals surface area contributed by atoms with Crippen LogP contribution in [0.15, 0.2) is 18.2 Å². The zero-order valence-corrected chi connectivity index (χ0v) is 11.3. The van der Waals surface area contributed by atoms with Crippen molar-refractivity contribution in [3.63, 3.8) is 0 Å². The molecule has 0 aromatic heterocycles. The summed E-state index contributed by atoms with van der Waals surface area (Å²) in [6.07, 6.45) is 4.35. The summed E-state index contributed by atoms with van der Waals surface area (Å²) in [6, 6.07) is 4.56. The van der Waals surface area contributed by atoms with Crippen LogP contribution in [-0.4, -0.2) is 23.4 Å². The maximum Gasteiger partial charge on any atom is 0.163 e. The van der Waals surface area contributed by atoms with Crippen molar-refractivity contribution in [2.75, 3.05) is 7.05 Å². The van der Waals surface area contributed by atoms with Gasteiger partial charge >= 0.3 is 0 Å². The smallest absolute Gasteiger partial charge is 0.163 e. The molecule has 0 bridgehead atoms. The fourth-order valence-corrected chi connectivity index (χ4v) is 3.09. The van der Waals surface area contributed by atoms with E-state index < -0.39 is 11.6 Å². The molecule has 1 aromatic carbocycles. The lowest BCUT2D eigenvalue weighted by atomic mass is 9.93. The highest BCUT2D eigenvalue weighted by atomic mass is 35.5. The first-order valence-electron chi connectivity index (χ1n) is 6.37. The van der Waals surface area contributed by atoms with Gasteiger partial charge in [-0.15, -0.1) is 11.6 Å². The maximum absolute atomic E-state index is 13.6. The molecule has 4 heteroatoms. The highest BCUT2D eigenvalue weighted by molar-refractivity contribution is 6.21. The molecule has 1 nitrogen and oxygen atoms in total. The van der Waals surface area contributed by atoms with Crippen molar-refractivity contribution in [2.45, 2.75) is 43.6 Å². The van der Waals surface area contributed by atoms with Crippen molar-refractivity contribution in [1.82, 2.24) is 4.90 Å².